The molecule has 19 heavy (non-hydrogen) atoms. The second-order valence-electron chi connectivity index (χ2n) is 4.71. The maximum Gasteiger partial charge on any atom is 0.280 e. The highest BCUT2D eigenvalue weighted by atomic mass is 16.5. The summed E-state index contributed by atoms with van der Waals surface area (Å²) in [6, 6.07) is 7.62. The minimum absolute atomic E-state index is 0.154. The zero-order chi connectivity index (χ0) is 13.1. The molecule has 0 unspecified atom stereocenters. The quantitative estimate of drug-likeness (QED) is 0.815. The predicted molar refractivity (Wildman–Crippen MR) is 73.3 cm³/mol. The summed E-state index contributed by atoms with van der Waals surface area (Å²) in [4.78, 5) is 18.0. The molecular formula is C14H17N3O2. The van der Waals surface area contributed by atoms with Crippen molar-refractivity contribution in [2.75, 3.05) is 32.8 Å². The molecule has 0 aliphatic carbocycles. The average Bonchev–Trinajstić information content (AvgIpc) is 2.48. The van der Waals surface area contributed by atoms with Crippen molar-refractivity contribution < 1.29 is 4.74 Å². The summed E-state index contributed by atoms with van der Waals surface area (Å²) >= 11 is 0. The van der Waals surface area contributed by atoms with Gasteiger partial charge in [0.2, 0.25) is 0 Å². The van der Waals surface area contributed by atoms with E-state index in [1.165, 1.54) is 0 Å². The number of hydrogen-bond acceptors (Lipinski definition) is 4. The molecule has 0 saturated carbocycles. The van der Waals surface area contributed by atoms with Gasteiger partial charge in [0.15, 0.2) is 0 Å². The molecule has 1 saturated heterocycles. The Morgan fingerprint density at radius 1 is 1.16 bits per heavy atom. The molecule has 1 aliphatic rings. The van der Waals surface area contributed by atoms with Crippen LogP contribution in [0.5, 0.6) is 0 Å². The molecule has 0 radical (unpaired) electrons. The number of hydrogen-bond donors (Lipinski definition) is 0. The Balaban J connectivity index is 1.81. The first-order valence-electron chi connectivity index (χ1n) is 6.59. The number of para-hydroxylation sites is 1. The van der Waals surface area contributed by atoms with Crippen molar-refractivity contribution >= 4 is 10.9 Å². The van der Waals surface area contributed by atoms with Crippen molar-refractivity contribution in [3.63, 3.8) is 0 Å². The highest BCUT2D eigenvalue weighted by Crippen LogP contribution is 2.08. The highest BCUT2D eigenvalue weighted by Gasteiger charge is 2.10. The van der Waals surface area contributed by atoms with Crippen LogP contribution in [0, 0.1) is 0 Å². The third-order valence-electron chi connectivity index (χ3n) is 3.52. The van der Waals surface area contributed by atoms with Crippen LogP contribution in [-0.4, -0.2) is 47.3 Å². The van der Waals surface area contributed by atoms with Crippen molar-refractivity contribution in [1.29, 1.82) is 0 Å². The molecular weight excluding hydrogens is 242 g/mol. The summed E-state index contributed by atoms with van der Waals surface area (Å²) < 4.78 is 7.38. The second kappa shape index (κ2) is 5.50. The molecule has 3 rings (SSSR count). The molecule has 1 aliphatic heterocycles. The van der Waals surface area contributed by atoms with E-state index in [1.54, 1.807) is 6.33 Å². The van der Waals surface area contributed by atoms with Crippen LogP contribution in [0.2, 0.25) is 0 Å². The molecule has 5 heteroatoms. The lowest BCUT2D eigenvalue weighted by Gasteiger charge is -2.26. The molecule has 2 aromatic rings. The van der Waals surface area contributed by atoms with Crippen LogP contribution in [0.15, 0.2) is 35.4 Å². The lowest BCUT2D eigenvalue weighted by molar-refractivity contribution is 0.0365. The minimum Gasteiger partial charge on any atom is -0.379 e. The van der Waals surface area contributed by atoms with Crippen LogP contribution in [0.25, 0.3) is 10.9 Å². The molecule has 0 atom stereocenters. The smallest absolute Gasteiger partial charge is 0.280 e. The van der Waals surface area contributed by atoms with E-state index in [0.29, 0.717) is 5.39 Å². The first kappa shape index (κ1) is 12.3. The molecule has 0 spiro atoms. The zero-order valence-corrected chi connectivity index (χ0v) is 10.8. The highest BCUT2D eigenvalue weighted by molar-refractivity contribution is 5.77. The number of fused-ring (bicyclic) bond motifs is 1. The molecule has 2 heterocycles. The van der Waals surface area contributed by atoms with Gasteiger partial charge in [0.1, 0.15) is 0 Å². The summed E-state index contributed by atoms with van der Waals surface area (Å²) in [5.41, 5.74) is 0.800. The predicted octanol–water partition coefficient (Wildman–Crippen LogP) is 0.729. The molecule has 1 aromatic heterocycles. The van der Waals surface area contributed by atoms with Crippen molar-refractivity contribution in [3.05, 3.63) is 40.9 Å². The van der Waals surface area contributed by atoms with E-state index in [0.717, 1.165) is 44.9 Å². The molecule has 0 bridgehead atoms. The molecule has 100 valence electrons. The number of benzene rings is 1. The third kappa shape index (κ3) is 2.67. The summed E-state index contributed by atoms with van der Waals surface area (Å²) in [6.45, 7) is 5.37. The molecule has 0 N–H and O–H groups in total. The van der Waals surface area contributed by atoms with Crippen LogP contribution < -0.4 is 5.56 Å². The van der Waals surface area contributed by atoms with Crippen LogP contribution in [0.1, 0.15) is 0 Å². The van der Waals surface area contributed by atoms with Crippen LogP contribution in [-0.2, 0) is 11.3 Å². The standard InChI is InChI=1S/C14H17N3O2/c18-14-12-3-1-2-4-13(12)17(11-15-14)6-5-16-7-9-19-10-8-16/h1-4,11H,5-10H2. The number of nitrogens with zero attached hydrogens (tertiary/aromatic N) is 3. The lowest BCUT2D eigenvalue weighted by Crippen LogP contribution is -2.38. The fourth-order valence-corrected chi connectivity index (χ4v) is 2.41. The van der Waals surface area contributed by atoms with Gasteiger partial charge in [-0.1, -0.05) is 12.1 Å². The number of rotatable bonds is 3. The van der Waals surface area contributed by atoms with Crippen LogP contribution in [0.4, 0.5) is 0 Å². The number of ether oxygens (including phenoxy) is 1. The van der Waals surface area contributed by atoms with Gasteiger partial charge in [0.25, 0.3) is 5.56 Å². The SMILES string of the molecule is O=c1ncn(CCN2CCOCC2)c2ccccc12. The minimum atomic E-state index is -0.154. The Bertz CT molecular complexity index is 617. The van der Waals surface area contributed by atoms with Crippen LogP contribution in [0.3, 0.4) is 0 Å². The maximum absolute atomic E-state index is 11.7. The zero-order valence-electron chi connectivity index (χ0n) is 10.8. The van der Waals surface area contributed by atoms with Crippen molar-refractivity contribution in [2.45, 2.75) is 6.54 Å². The Labute approximate surface area is 111 Å². The number of aromatic nitrogens is 2. The van der Waals surface area contributed by atoms with Crippen LogP contribution >= 0.6 is 0 Å². The Morgan fingerprint density at radius 2 is 1.95 bits per heavy atom. The van der Waals surface area contributed by atoms with Crippen molar-refractivity contribution in [1.82, 2.24) is 14.5 Å². The van der Waals surface area contributed by atoms with Crippen molar-refractivity contribution in [3.8, 4) is 0 Å². The fraction of sp³-hybridized carbons (Fsp3) is 0.429. The van der Waals surface area contributed by atoms with Gasteiger partial charge in [-0.2, -0.15) is 4.98 Å². The van der Waals surface area contributed by atoms with Gasteiger partial charge in [0.05, 0.1) is 30.4 Å². The lowest BCUT2D eigenvalue weighted by atomic mass is 10.2. The Morgan fingerprint density at radius 3 is 2.79 bits per heavy atom. The first-order chi connectivity index (χ1) is 9.34. The van der Waals surface area contributed by atoms with E-state index in [4.69, 9.17) is 4.74 Å². The first-order valence-corrected chi connectivity index (χ1v) is 6.59. The van der Waals surface area contributed by atoms with Gasteiger partial charge in [0, 0.05) is 26.2 Å². The normalized spacial score (nSPS) is 16.8. The van der Waals surface area contributed by atoms with E-state index in [1.807, 2.05) is 28.8 Å². The molecule has 1 fully saturated rings. The second-order valence-corrected chi connectivity index (χ2v) is 4.71. The van der Waals surface area contributed by atoms with E-state index in [-0.39, 0.29) is 5.56 Å². The van der Waals surface area contributed by atoms with Gasteiger partial charge in [-0.25, -0.2) is 0 Å². The van der Waals surface area contributed by atoms with E-state index in [9.17, 15) is 4.79 Å². The Kier molecular flexibility index (Phi) is 3.57. The number of morpholine rings is 1. The summed E-state index contributed by atoms with van der Waals surface area (Å²) in [5, 5.41) is 0.687. The average molecular weight is 259 g/mol. The summed E-state index contributed by atoms with van der Waals surface area (Å²) in [6.07, 6.45) is 1.64. The van der Waals surface area contributed by atoms with Gasteiger partial charge in [-0.15, -0.1) is 0 Å². The summed E-state index contributed by atoms with van der Waals surface area (Å²) in [5.74, 6) is 0. The monoisotopic (exact) mass is 259 g/mol. The van der Waals surface area contributed by atoms with Gasteiger partial charge >= 0.3 is 0 Å². The Hall–Kier alpha value is -1.72. The van der Waals surface area contributed by atoms with E-state index < -0.39 is 0 Å². The van der Waals surface area contributed by atoms with Gasteiger partial charge in [-0.05, 0) is 12.1 Å². The van der Waals surface area contributed by atoms with E-state index in [2.05, 4.69) is 9.88 Å². The van der Waals surface area contributed by atoms with Gasteiger partial charge in [-0.3, -0.25) is 9.69 Å². The summed E-state index contributed by atoms with van der Waals surface area (Å²) in [7, 11) is 0. The fourth-order valence-electron chi connectivity index (χ4n) is 2.41. The maximum atomic E-state index is 11.7. The van der Waals surface area contributed by atoms with Crippen molar-refractivity contribution in [2.24, 2.45) is 0 Å². The largest absolute Gasteiger partial charge is 0.379 e. The molecule has 1 aromatic carbocycles. The molecule has 5 nitrogen and oxygen atoms in total. The van der Waals surface area contributed by atoms with E-state index >= 15 is 0 Å². The third-order valence-corrected chi connectivity index (χ3v) is 3.52. The molecule has 0 amide bonds. The van der Waals surface area contributed by atoms with Gasteiger partial charge < -0.3 is 9.30 Å². The topological polar surface area (TPSA) is 47.4 Å².